The van der Waals surface area contributed by atoms with Crippen LogP contribution in [0.15, 0.2) is 24.3 Å². The van der Waals surface area contributed by atoms with E-state index in [1.165, 1.54) is 12.1 Å². The lowest BCUT2D eigenvalue weighted by molar-refractivity contribution is -0.137. The van der Waals surface area contributed by atoms with Crippen molar-refractivity contribution < 1.29 is 18.0 Å². The number of hydrogen-bond donors (Lipinski definition) is 0. The molecule has 1 atom stereocenters. The van der Waals surface area contributed by atoms with Crippen molar-refractivity contribution >= 4 is 5.91 Å². The predicted molar refractivity (Wildman–Crippen MR) is 92.0 cm³/mol. The molecule has 1 amide bonds. The van der Waals surface area contributed by atoms with Gasteiger partial charge in [-0.05, 0) is 49.9 Å². The van der Waals surface area contributed by atoms with Crippen molar-refractivity contribution in [1.82, 2.24) is 19.7 Å². The minimum absolute atomic E-state index is 0.167. The molecule has 1 aromatic heterocycles. The van der Waals surface area contributed by atoms with Gasteiger partial charge in [-0.1, -0.05) is 6.42 Å². The maximum absolute atomic E-state index is 12.9. The summed E-state index contributed by atoms with van der Waals surface area (Å²) in [5.41, 5.74) is -0.481. The predicted octanol–water partition coefficient (Wildman–Crippen LogP) is 4.00. The zero-order valence-corrected chi connectivity index (χ0v) is 14.9. The Morgan fingerprint density at radius 1 is 1.00 bits per heavy atom. The molecule has 0 radical (unpaired) electrons. The first-order valence-electron chi connectivity index (χ1n) is 9.35. The quantitative estimate of drug-likeness (QED) is 0.794. The molecule has 1 unspecified atom stereocenters. The fraction of sp³-hybridized carbons (Fsp3) is 0.526. The van der Waals surface area contributed by atoms with Crippen LogP contribution in [0.3, 0.4) is 0 Å². The molecule has 1 saturated heterocycles. The summed E-state index contributed by atoms with van der Waals surface area (Å²) in [6, 6.07) is 4.26. The SMILES string of the molecule is O=C(c1ccc(C(F)(F)F)cc1)N1CCCC1c1nnc2n1CCCCC2. The van der Waals surface area contributed by atoms with Crippen LogP contribution in [0.2, 0.25) is 0 Å². The first-order valence-corrected chi connectivity index (χ1v) is 9.35. The number of carbonyl (C=O) groups is 1. The Labute approximate surface area is 155 Å². The van der Waals surface area contributed by atoms with Crippen molar-refractivity contribution in [2.24, 2.45) is 0 Å². The van der Waals surface area contributed by atoms with Crippen LogP contribution < -0.4 is 0 Å². The van der Waals surface area contributed by atoms with Crippen LogP contribution in [0.4, 0.5) is 13.2 Å². The number of amides is 1. The van der Waals surface area contributed by atoms with Crippen LogP contribution >= 0.6 is 0 Å². The first-order chi connectivity index (χ1) is 12.9. The number of carbonyl (C=O) groups excluding carboxylic acids is 1. The van der Waals surface area contributed by atoms with Crippen molar-refractivity contribution in [2.75, 3.05) is 6.54 Å². The topological polar surface area (TPSA) is 51.0 Å². The minimum Gasteiger partial charge on any atom is -0.328 e. The number of fused-ring (bicyclic) bond motifs is 1. The van der Waals surface area contributed by atoms with Gasteiger partial charge in [0, 0.05) is 25.1 Å². The summed E-state index contributed by atoms with van der Waals surface area (Å²) in [4.78, 5) is 14.7. The number of hydrogen-bond acceptors (Lipinski definition) is 3. The van der Waals surface area contributed by atoms with Crippen LogP contribution in [-0.4, -0.2) is 32.1 Å². The summed E-state index contributed by atoms with van der Waals surface area (Å²) in [6.45, 7) is 1.43. The van der Waals surface area contributed by atoms with E-state index in [1.54, 1.807) is 4.90 Å². The highest BCUT2D eigenvalue weighted by molar-refractivity contribution is 5.94. The molecule has 0 spiro atoms. The summed E-state index contributed by atoms with van der Waals surface area (Å²) >= 11 is 0. The molecule has 0 aliphatic carbocycles. The van der Waals surface area contributed by atoms with Gasteiger partial charge in [0.1, 0.15) is 5.82 Å². The fourth-order valence-electron chi connectivity index (χ4n) is 4.00. The van der Waals surface area contributed by atoms with E-state index in [4.69, 9.17) is 0 Å². The van der Waals surface area contributed by atoms with Crippen LogP contribution in [0.1, 0.15) is 65.7 Å². The average molecular weight is 378 g/mol. The molecular weight excluding hydrogens is 357 g/mol. The molecule has 4 rings (SSSR count). The third-order valence-corrected chi connectivity index (χ3v) is 5.41. The highest BCUT2D eigenvalue weighted by atomic mass is 19.4. The van der Waals surface area contributed by atoms with Gasteiger partial charge >= 0.3 is 6.18 Å². The van der Waals surface area contributed by atoms with Gasteiger partial charge in [-0.25, -0.2) is 0 Å². The van der Waals surface area contributed by atoms with E-state index in [2.05, 4.69) is 14.8 Å². The minimum atomic E-state index is -4.41. The average Bonchev–Trinajstić information content (AvgIpc) is 3.21. The molecule has 27 heavy (non-hydrogen) atoms. The van der Waals surface area contributed by atoms with E-state index in [-0.39, 0.29) is 17.5 Å². The largest absolute Gasteiger partial charge is 0.416 e. The van der Waals surface area contributed by atoms with Crippen LogP contribution in [0.5, 0.6) is 0 Å². The van der Waals surface area contributed by atoms with Gasteiger partial charge in [0.2, 0.25) is 0 Å². The van der Waals surface area contributed by atoms with Gasteiger partial charge in [-0.3, -0.25) is 4.79 Å². The molecule has 2 aliphatic rings. The lowest BCUT2D eigenvalue weighted by Crippen LogP contribution is -2.32. The van der Waals surface area contributed by atoms with Gasteiger partial charge in [0.15, 0.2) is 5.82 Å². The van der Waals surface area contributed by atoms with E-state index in [9.17, 15) is 18.0 Å². The van der Waals surface area contributed by atoms with Crippen LogP contribution in [-0.2, 0) is 19.1 Å². The van der Waals surface area contributed by atoms with Crippen molar-refractivity contribution in [3.8, 4) is 0 Å². The molecule has 0 saturated carbocycles. The number of aryl methyl sites for hydroxylation is 1. The molecule has 5 nitrogen and oxygen atoms in total. The summed E-state index contributed by atoms with van der Waals surface area (Å²) in [5, 5.41) is 8.68. The van der Waals surface area contributed by atoms with E-state index in [0.717, 1.165) is 68.9 Å². The number of likely N-dealkylation sites (tertiary alicyclic amines) is 1. The molecular formula is C19H21F3N4O. The lowest BCUT2D eigenvalue weighted by Gasteiger charge is -2.25. The fourth-order valence-corrected chi connectivity index (χ4v) is 4.00. The second kappa shape index (κ2) is 6.98. The number of rotatable bonds is 2. The van der Waals surface area contributed by atoms with E-state index >= 15 is 0 Å². The Balaban J connectivity index is 1.58. The Morgan fingerprint density at radius 2 is 1.78 bits per heavy atom. The highest BCUT2D eigenvalue weighted by Crippen LogP contribution is 2.34. The van der Waals surface area contributed by atoms with Crippen molar-refractivity contribution in [2.45, 2.75) is 57.3 Å². The number of aromatic nitrogens is 3. The van der Waals surface area contributed by atoms with Gasteiger partial charge in [-0.2, -0.15) is 13.2 Å². The van der Waals surface area contributed by atoms with Crippen molar-refractivity contribution in [3.05, 3.63) is 47.0 Å². The molecule has 8 heteroatoms. The number of alkyl halides is 3. The maximum atomic E-state index is 12.9. The zero-order valence-electron chi connectivity index (χ0n) is 14.9. The third-order valence-electron chi connectivity index (χ3n) is 5.41. The Hall–Kier alpha value is -2.38. The monoisotopic (exact) mass is 378 g/mol. The lowest BCUT2D eigenvalue weighted by atomic mass is 10.1. The molecule has 144 valence electrons. The molecule has 0 N–H and O–H groups in total. The normalized spacial score (nSPS) is 20.4. The first kappa shape index (κ1) is 18.0. The summed E-state index contributed by atoms with van der Waals surface area (Å²) in [6.07, 6.45) is 1.45. The maximum Gasteiger partial charge on any atom is 0.416 e. The van der Waals surface area contributed by atoms with Gasteiger partial charge in [0.05, 0.1) is 11.6 Å². The molecule has 1 aromatic carbocycles. The smallest absolute Gasteiger partial charge is 0.328 e. The summed E-state index contributed by atoms with van der Waals surface area (Å²) in [5.74, 6) is 1.53. The highest BCUT2D eigenvalue weighted by Gasteiger charge is 2.35. The Bertz CT molecular complexity index is 828. The van der Waals surface area contributed by atoms with Crippen molar-refractivity contribution in [3.63, 3.8) is 0 Å². The Kier molecular flexibility index (Phi) is 4.65. The van der Waals surface area contributed by atoms with Gasteiger partial charge in [0.25, 0.3) is 5.91 Å². The van der Waals surface area contributed by atoms with Crippen molar-refractivity contribution in [1.29, 1.82) is 0 Å². The number of halogens is 3. The summed E-state index contributed by atoms with van der Waals surface area (Å²) < 4.78 is 40.4. The van der Waals surface area contributed by atoms with Crippen LogP contribution in [0, 0.1) is 0 Å². The molecule has 3 heterocycles. The third kappa shape index (κ3) is 3.44. The molecule has 0 bridgehead atoms. The second-order valence-corrected chi connectivity index (χ2v) is 7.17. The molecule has 1 fully saturated rings. The summed E-state index contributed by atoms with van der Waals surface area (Å²) in [7, 11) is 0. The number of benzene rings is 1. The standard InChI is InChI=1S/C19H21F3N4O/c20-19(21,22)14-9-7-13(8-10-14)18(27)25-12-4-5-15(25)17-24-23-16-6-2-1-3-11-26(16)17/h7-10,15H,1-6,11-12H2. The van der Waals surface area contributed by atoms with Gasteiger partial charge in [-0.15, -0.1) is 10.2 Å². The molecule has 2 aromatic rings. The molecule has 2 aliphatic heterocycles. The van der Waals surface area contributed by atoms with E-state index < -0.39 is 11.7 Å². The van der Waals surface area contributed by atoms with E-state index in [1.807, 2.05) is 0 Å². The van der Waals surface area contributed by atoms with E-state index in [0.29, 0.717) is 6.54 Å². The second-order valence-electron chi connectivity index (χ2n) is 7.17. The van der Waals surface area contributed by atoms with Crippen LogP contribution in [0.25, 0.3) is 0 Å². The Morgan fingerprint density at radius 3 is 2.52 bits per heavy atom. The van der Waals surface area contributed by atoms with Gasteiger partial charge < -0.3 is 9.47 Å². The zero-order chi connectivity index (χ0) is 19.0. The number of nitrogens with zero attached hydrogens (tertiary/aromatic N) is 4.